The molecule has 1 fully saturated rings. The summed E-state index contributed by atoms with van der Waals surface area (Å²) >= 11 is 0. The average Bonchev–Trinajstić information content (AvgIpc) is 3.21. The highest BCUT2D eigenvalue weighted by Gasteiger charge is 2.41. The number of ether oxygens (including phenoxy) is 2. The number of primary amides is 1. The molecule has 3 heterocycles. The zero-order valence-electron chi connectivity index (χ0n) is 21.4. The normalized spacial score (nSPS) is 18.6. The lowest BCUT2D eigenvalue weighted by atomic mass is 10.1. The van der Waals surface area contributed by atoms with Crippen molar-refractivity contribution in [3.8, 4) is 0 Å². The number of carbonyl (C=O) groups excluding carboxylic acids is 4. The van der Waals surface area contributed by atoms with Crippen LogP contribution in [0.4, 0.5) is 0 Å². The van der Waals surface area contributed by atoms with Gasteiger partial charge in [0.05, 0.1) is 30.4 Å². The third kappa shape index (κ3) is 5.57. The van der Waals surface area contributed by atoms with Crippen molar-refractivity contribution in [2.24, 2.45) is 5.73 Å². The molecule has 0 saturated carbocycles. The molecule has 2 N–H and O–H groups in total. The SMILES string of the molecule is CN(CCC1OCC(N2C(=O)c3ccccc3C2=O)CO1)C(=O)c1cc(C(N)=O)cc(Cc2ccccc2)n1. The average molecular weight is 529 g/mol. The molecule has 0 radical (unpaired) electrons. The minimum atomic E-state index is -0.639. The van der Waals surface area contributed by atoms with Gasteiger partial charge in [-0.3, -0.25) is 24.1 Å². The summed E-state index contributed by atoms with van der Waals surface area (Å²) in [7, 11) is 1.63. The number of rotatable bonds is 8. The first kappa shape index (κ1) is 26.2. The molecule has 5 rings (SSSR count). The van der Waals surface area contributed by atoms with Gasteiger partial charge in [0, 0.05) is 37.7 Å². The highest BCUT2D eigenvalue weighted by Crippen LogP contribution is 2.26. The summed E-state index contributed by atoms with van der Waals surface area (Å²) in [6.45, 7) is 0.565. The Kier molecular flexibility index (Phi) is 7.49. The first-order chi connectivity index (χ1) is 18.8. The molecule has 1 aromatic heterocycles. The van der Waals surface area contributed by atoms with E-state index in [1.165, 1.54) is 15.9 Å². The van der Waals surface area contributed by atoms with Gasteiger partial charge in [0.2, 0.25) is 5.91 Å². The second-order valence-electron chi connectivity index (χ2n) is 9.55. The molecule has 0 bridgehead atoms. The number of benzene rings is 2. The Morgan fingerprint density at radius 3 is 2.21 bits per heavy atom. The van der Waals surface area contributed by atoms with E-state index in [1.807, 2.05) is 30.3 Å². The van der Waals surface area contributed by atoms with Crippen molar-refractivity contribution in [3.63, 3.8) is 0 Å². The third-order valence-electron chi connectivity index (χ3n) is 6.80. The fourth-order valence-electron chi connectivity index (χ4n) is 4.72. The van der Waals surface area contributed by atoms with Crippen LogP contribution >= 0.6 is 0 Å². The summed E-state index contributed by atoms with van der Waals surface area (Å²) in [6.07, 6.45) is 0.207. The van der Waals surface area contributed by atoms with E-state index in [0.717, 1.165) is 5.56 Å². The number of imide groups is 1. The van der Waals surface area contributed by atoms with Crippen molar-refractivity contribution < 1.29 is 28.7 Å². The molecule has 2 aliphatic rings. The lowest BCUT2D eigenvalue weighted by Gasteiger charge is -2.34. The van der Waals surface area contributed by atoms with Crippen molar-refractivity contribution in [2.75, 3.05) is 26.8 Å². The van der Waals surface area contributed by atoms with E-state index in [2.05, 4.69) is 4.98 Å². The van der Waals surface area contributed by atoms with E-state index in [-0.39, 0.29) is 48.7 Å². The van der Waals surface area contributed by atoms with Gasteiger partial charge in [-0.25, -0.2) is 4.98 Å². The number of hydrogen-bond acceptors (Lipinski definition) is 7. The molecule has 0 spiro atoms. The molecule has 0 atom stereocenters. The number of amides is 4. The van der Waals surface area contributed by atoms with E-state index in [1.54, 1.807) is 37.4 Å². The van der Waals surface area contributed by atoms with Gasteiger partial charge in [-0.2, -0.15) is 0 Å². The van der Waals surface area contributed by atoms with Crippen LogP contribution in [0.3, 0.4) is 0 Å². The number of nitrogens with zero attached hydrogens (tertiary/aromatic N) is 3. The monoisotopic (exact) mass is 528 g/mol. The van der Waals surface area contributed by atoms with Gasteiger partial charge in [-0.1, -0.05) is 42.5 Å². The molecule has 2 aromatic carbocycles. The van der Waals surface area contributed by atoms with Gasteiger partial charge in [-0.05, 0) is 29.8 Å². The summed E-state index contributed by atoms with van der Waals surface area (Å²) in [5.41, 5.74) is 8.15. The molecule has 4 amide bonds. The Labute approximate surface area is 225 Å². The molecule has 0 unspecified atom stereocenters. The van der Waals surface area contributed by atoms with Gasteiger partial charge in [0.15, 0.2) is 6.29 Å². The summed E-state index contributed by atoms with van der Waals surface area (Å²) in [5, 5.41) is 0. The summed E-state index contributed by atoms with van der Waals surface area (Å²) in [4.78, 5) is 57.6. The van der Waals surface area contributed by atoms with Gasteiger partial charge < -0.3 is 20.1 Å². The highest BCUT2D eigenvalue weighted by molar-refractivity contribution is 6.21. The van der Waals surface area contributed by atoms with E-state index in [0.29, 0.717) is 29.7 Å². The van der Waals surface area contributed by atoms with Crippen LogP contribution in [-0.4, -0.2) is 77.6 Å². The van der Waals surface area contributed by atoms with Crippen LogP contribution in [0.2, 0.25) is 0 Å². The molecule has 39 heavy (non-hydrogen) atoms. The summed E-state index contributed by atoms with van der Waals surface area (Å²) < 4.78 is 11.6. The molecule has 10 heteroatoms. The first-order valence-electron chi connectivity index (χ1n) is 12.6. The van der Waals surface area contributed by atoms with Crippen molar-refractivity contribution in [3.05, 3.63) is 100 Å². The molecule has 3 aromatic rings. The number of carbonyl (C=O) groups is 4. The van der Waals surface area contributed by atoms with E-state index >= 15 is 0 Å². The maximum atomic E-state index is 13.2. The van der Waals surface area contributed by atoms with Gasteiger partial charge in [0.25, 0.3) is 17.7 Å². The minimum Gasteiger partial charge on any atom is -0.366 e. The lowest BCUT2D eigenvalue weighted by molar-refractivity contribution is -0.200. The van der Waals surface area contributed by atoms with Crippen molar-refractivity contribution in [1.82, 2.24) is 14.8 Å². The van der Waals surface area contributed by atoms with Gasteiger partial charge >= 0.3 is 0 Å². The Morgan fingerprint density at radius 2 is 1.59 bits per heavy atom. The van der Waals surface area contributed by atoms with E-state index in [9.17, 15) is 19.2 Å². The third-order valence-corrected chi connectivity index (χ3v) is 6.80. The summed E-state index contributed by atoms with van der Waals surface area (Å²) in [5.74, 6) is -1.71. The number of hydrogen-bond donors (Lipinski definition) is 1. The van der Waals surface area contributed by atoms with Crippen LogP contribution < -0.4 is 5.73 Å². The van der Waals surface area contributed by atoms with Crippen molar-refractivity contribution in [2.45, 2.75) is 25.2 Å². The second-order valence-corrected chi connectivity index (χ2v) is 9.55. The Hall–Kier alpha value is -4.41. The number of aromatic nitrogens is 1. The zero-order valence-corrected chi connectivity index (χ0v) is 21.4. The van der Waals surface area contributed by atoms with Crippen molar-refractivity contribution in [1.29, 1.82) is 0 Å². The minimum absolute atomic E-state index is 0.121. The Morgan fingerprint density at radius 1 is 0.974 bits per heavy atom. The standard InChI is InChI=1S/C29H28N4O6/c1-32(29(37)24-15-19(26(30)34)14-20(31-24)13-18-7-3-2-4-8-18)12-11-25-38-16-21(17-39-25)33-27(35)22-9-5-6-10-23(22)28(33)36/h2-10,14-15,21,25H,11-13,16-17H2,1H3,(H2,30,34). The molecule has 0 aliphatic carbocycles. The topological polar surface area (TPSA) is 132 Å². The smallest absolute Gasteiger partial charge is 0.272 e. The molecular weight excluding hydrogens is 500 g/mol. The van der Waals surface area contributed by atoms with E-state index < -0.39 is 18.2 Å². The zero-order chi connectivity index (χ0) is 27.5. The number of fused-ring (bicyclic) bond motifs is 1. The van der Waals surface area contributed by atoms with Crippen LogP contribution in [0.1, 0.15) is 59.2 Å². The van der Waals surface area contributed by atoms with Gasteiger partial charge in [-0.15, -0.1) is 0 Å². The quantitative estimate of drug-likeness (QED) is 0.444. The Balaban J connectivity index is 1.17. The highest BCUT2D eigenvalue weighted by atomic mass is 16.7. The maximum absolute atomic E-state index is 13.2. The fraction of sp³-hybridized carbons (Fsp3) is 0.276. The van der Waals surface area contributed by atoms with Crippen LogP contribution in [0.25, 0.3) is 0 Å². The lowest BCUT2D eigenvalue weighted by Crippen LogP contribution is -2.50. The predicted molar refractivity (Wildman–Crippen MR) is 140 cm³/mol. The van der Waals surface area contributed by atoms with Crippen LogP contribution in [0.15, 0.2) is 66.7 Å². The molecule has 10 nitrogen and oxygen atoms in total. The number of pyridine rings is 1. The van der Waals surface area contributed by atoms with Crippen LogP contribution in [0, 0.1) is 0 Å². The molecule has 200 valence electrons. The second kappa shape index (κ2) is 11.1. The molecular formula is C29H28N4O6. The Bertz CT molecular complexity index is 1380. The van der Waals surface area contributed by atoms with Crippen LogP contribution in [-0.2, 0) is 15.9 Å². The largest absolute Gasteiger partial charge is 0.366 e. The fourth-order valence-corrected chi connectivity index (χ4v) is 4.72. The molecule has 2 aliphatic heterocycles. The van der Waals surface area contributed by atoms with Crippen LogP contribution in [0.5, 0.6) is 0 Å². The van der Waals surface area contributed by atoms with E-state index in [4.69, 9.17) is 15.2 Å². The van der Waals surface area contributed by atoms with Crippen molar-refractivity contribution >= 4 is 23.6 Å². The molecule has 1 saturated heterocycles. The first-order valence-corrected chi connectivity index (χ1v) is 12.6. The summed E-state index contributed by atoms with van der Waals surface area (Å²) in [6, 6.07) is 18.8. The maximum Gasteiger partial charge on any atom is 0.272 e. The predicted octanol–water partition coefficient (Wildman–Crippen LogP) is 2.27. The van der Waals surface area contributed by atoms with Gasteiger partial charge in [0.1, 0.15) is 5.69 Å². The number of nitrogens with two attached hydrogens (primary N) is 1.